The fourth-order valence-corrected chi connectivity index (χ4v) is 7.08. The Hall–Kier alpha value is -1.15. The third-order valence-electron chi connectivity index (χ3n) is 10.8. The molecule has 0 saturated carbocycles. The maximum atomic E-state index is 13.0. The van der Waals surface area contributed by atoms with Gasteiger partial charge in [0.25, 0.3) is 0 Å². The maximum Gasteiger partial charge on any atom is 0.249 e. The first kappa shape index (κ1) is 50.9. The van der Waals surface area contributed by atoms with Crippen LogP contribution in [0.2, 0.25) is 0 Å². The highest BCUT2D eigenvalue weighted by Crippen LogP contribution is 2.23. The summed E-state index contributed by atoms with van der Waals surface area (Å²) in [6, 6.07) is -1.16. The Bertz CT molecular complexity index is 892. The van der Waals surface area contributed by atoms with Crippen LogP contribution >= 0.6 is 0 Å². The van der Waals surface area contributed by atoms with E-state index in [0.717, 1.165) is 57.8 Å². The Labute approximate surface area is 328 Å². The molecule has 0 bridgehead atoms. The van der Waals surface area contributed by atoms with E-state index < -0.39 is 74.2 Å². The van der Waals surface area contributed by atoms with E-state index in [1.54, 1.807) is 0 Å². The van der Waals surface area contributed by atoms with Crippen LogP contribution < -0.4 is 5.32 Å². The molecule has 1 fully saturated rings. The second-order valence-corrected chi connectivity index (χ2v) is 15.8. The standard InChI is InChI=1S/C43H83NO10/c1-3-5-7-9-11-12-13-14-15-16-17-18-19-20-21-22-23-25-27-29-31-36(47)42(52)44-34(38(48)35(46)30-28-26-24-10-8-6-4-2)33-53-43-41(51)40(50)39(49)37(32-45)54-43/h18-19,34-41,43,45-51H,3-17,20-33H2,1-2H3,(H,44,52)/b19-18-. The largest absolute Gasteiger partial charge is 0.394 e. The first-order valence-electron chi connectivity index (χ1n) is 22.1. The SMILES string of the molecule is CCCCCCCCCCCC/C=C\CCCCCCCCC(O)C(=O)NC(COC1OC(CO)C(O)C(O)C1O)C(O)C(O)CCCCCCCCC. The summed E-state index contributed by atoms with van der Waals surface area (Å²) in [6.45, 7) is 3.37. The molecule has 1 aliphatic rings. The average molecular weight is 774 g/mol. The number of unbranched alkanes of at least 4 members (excludes halogenated alkanes) is 22. The molecular formula is C43H83NO10. The molecule has 11 heteroatoms. The van der Waals surface area contributed by atoms with E-state index in [1.807, 2.05) is 0 Å². The molecule has 0 spiro atoms. The minimum Gasteiger partial charge on any atom is -0.394 e. The Balaban J connectivity index is 2.38. The van der Waals surface area contributed by atoms with Gasteiger partial charge in [0.15, 0.2) is 6.29 Å². The lowest BCUT2D eigenvalue weighted by atomic mass is 9.98. The van der Waals surface area contributed by atoms with Crippen molar-refractivity contribution in [3.05, 3.63) is 12.2 Å². The molecule has 0 aliphatic carbocycles. The van der Waals surface area contributed by atoms with Crippen LogP contribution in [0.15, 0.2) is 12.2 Å². The number of rotatable bonds is 36. The summed E-state index contributed by atoms with van der Waals surface area (Å²) in [7, 11) is 0. The van der Waals surface area contributed by atoms with Crippen molar-refractivity contribution in [3.63, 3.8) is 0 Å². The predicted molar refractivity (Wildman–Crippen MR) is 215 cm³/mol. The molecule has 1 saturated heterocycles. The zero-order chi connectivity index (χ0) is 39.8. The van der Waals surface area contributed by atoms with Crippen molar-refractivity contribution in [2.75, 3.05) is 13.2 Å². The van der Waals surface area contributed by atoms with Gasteiger partial charge in [0, 0.05) is 0 Å². The summed E-state index contributed by atoms with van der Waals surface area (Å²) in [4.78, 5) is 13.0. The first-order valence-corrected chi connectivity index (χ1v) is 22.1. The van der Waals surface area contributed by atoms with Gasteiger partial charge in [-0.25, -0.2) is 0 Å². The lowest BCUT2D eigenvalue weighted by molar-refractivity contribution is -0.303. The molecule has 1 rings (SSSR count). The molecule has 0 aromatic carbocycles. The monoisotopic (exact) mass is 774 g/mol. The van der Waals surface area contributed by atoms with Gasteiger partial charge >= 0.3 is 0 Å². The van der Waals surface area contributed by atoms with Crippen molar-refractivity contribution in [1.29, 1.82) is 0 Å². The lowest BCUT2D eigenvalue weighted by Gasteiger charge is -2.40. The van der Waals surface area contributed by atoms with Gasteiger partial charge in [-0.3, -0.25) is 4.79 Å². The minimum atomic E-state index is -1.66. The molecule has 9 unspecified atom stereocenters. The Kier molecular flexibility index (Phi) is 32.0. The van der Waals surface area contributed by atoms with Crippen molar-refractivity contribution in [2.24, 2.45) is 0 Å². The van der Waals surface area contributed by atoms with Crippen LogP contribution in [0.25, 0.3) is 0 Å². The van der Waals surface area contributed by atoms with Crippen molar-refractivity contribution in [1.82, 2.24) is 5.32 Å². The first-order chi connectivity index (χ1) is 26.2. The molecule has 0 radical (unpaired) electrons. The number of allylic oxidation sites excluding steroid dienone is 2. The number of ether oxygens (including phenoxy) is 2. The molecule has 54 heavy (non-hydrogen) atoms. The topological polar surface area (TPSA) is 189 Å². The molecule has 1 heterocycles. The predicted octanol–water partition coefficient (Wildman–Crippen LogP) is 6.50. The smallest absolute Gasteiger partial charge is 0.249 e. The summed E-state index contributed by atoms with van der Waals surface area (Å²) in [5, 5.41) is 75.2. The van der Waals surface area contributed by atoms with Crippen LogP contribution in [0, 0.1) is 0 Å². The summed E-state index contributed by atoms with van der Waals surface area (Å²) >= 11 is 0. The summed E-state index contributed by atoms with van der Waals surface area (Å²) in [5.41, 5.74) is 0. The van der Waals surface area contributed by atoms with Crippen molar-refractivity contribution in [2.45, 2.75) is 242 Å². The van der Waals surface area contributed by atoms with Gasteiger partial charge in [-0.1, -0.05) is 161 Å². The van der Waals surface area contributed by atoms with Gasteiger partial charge in [0.05, 0.1) is 25.4 Å². The number of aliphatic hydroxyl groups is 7. The van der Waals surface area contributed by atoms with E-state index in [-0.39, 0.29) is 6.42 Å². The highest BCUT2D eigenvalue weighted by Gasteiger charge is 2.44. The molecule has 9 atom stereocenters. The molecule has 0 aromatic rings. The zero-order valence-electron chi connectivity index (χ0n) is 34.2. The molecule has 8 N–H and O–H groups in total. The van der Waals surface area contributed by atoms with Gasteiger partial charge in [-0.15, -0.1) is 0 Å². The Morgan fingerprint density at radius 1 is 0.630 bits per heavy atom. The van der Waals surface area contributed by atoms with Gasteiger partial charge in [-0.2, -0.15) is 0 Å². The molecular weight excluding hydrogens is 690 g/mol. The molecule has 11 nitrogen and oxygen atoms in total. The van der Waals surface area contributed by atoms with Crippen LogP contribution in [0.5, 0.6) is 0 Å². The number of aliphatic hydroxyl groups excluding tert-OH is 7. The molecule has 1 amide bonds. The number of amides is 1. The third kappa shape index (κ3) is 23.8. The fourth-order valence-electron chi connectivity index (χ4n) is 7.08. The van der Waals surface area contributed by atoms with E-state index in [2.05, 4.69) is 31.3 Å². The van der Waals surface area contributed by atoms with E-state index in [9.17, 15) is 40.5 Å². The number of carbonyl (C=O) groups excluding carboxylic acids is 1. The highest BCUT2D eigenvalue weighted by molar-refractivity contribution is 5.80. The van der Waals surface area contributed by atoms with Crippen molar-refractivity contribution < 1.29 is 50.0 Å². The van der Waals surface area contributed by atoms with Crippen LogP contribution in [0.4, 0.5) is 0 Å². The van der Waals surface area contributed by atoms with Crippen molar-refractivity contribution in [3.8, 4) is 0 Å². The minimum absolute atomic E-state index is 0.254. The van der Waals surface area contributed by atoms with Crippen molar-refractivity contribution >= 4 is 5.91 Å². The zero-order valence-corrected chi connectivity index (χ0v) is 34.2. The quantitative estimate of drug-likeness (QED) is 0.0258. The number of carbonyl (C=O) groups is 1. The third-order valence-corrected chi connectivity index (χ3v) is 10.8. The summed E-state index contributed by atoms with van der Waals surface area (Å²) < 4.78 is 11.0. The average Bonchev–Trinajstić information content (AvgIpc) is 3.17. The lowest BCUT2D eigenvalue weighted by Crippen LogP contribution is -2.60. The van der Waals surface area contributed by atoms with Gasteiger partial charge in [0.1, 0.15) is 36.6 Å². The van der Waals surface area contributed by atoms with E-state index >= 15 is 0 Å². The number of nitrogens with one attached hydrogen (secondary N) is 1. The number of hydrogen-bond acceptors (Lipinski definition) is 10. The Morgan fingerprint density at radius 3 is 1.56 bits per heavy atom. The van der Waals surface area contributed by atoms with Gasteiger partial charge < -0.3 is 50.5 Å². The van der Waals surface area contributed by atoms with E-state index in [0.29, 0.717) is 19.3 Å². The van der Waals surface area contributed by atoms with E-state index in [4.69, 9.17) is 9.47 Å². The van der Waals surface area contributed by atoms with Gasteiger partial charge in [0.2, 0.25) is 5.91 Å². The van der Waals surface area contributed by atoms with Crippen LogP contribution in [-0.2, 0) is 14.3 Å². The Morgan fingerprint density at radius 2 is 1.07 bits per heavy atom. The second kappa shape index (κ2) is 33.9. The highest BCUT2D eigenvalue weighted by atomic mass is 16.7. The number of hydrogen-bond donors (Lipinski definition) is 8. The molecule has 320 valence electrons. The maximum absolute atomic E-state index is 13.0. The summed E-state index contributed by atoms with van der Waals surface area (Å²) in [5.74, 6) is -0.704. The van der Waals surface area contributed by atoms with Crippen LogP contribution in [-0.4, -0.2) is 110 Å². The van der Waals surface area contributed by atoms with Crippen LogP contribution in [0.1, 0.15) is 187 Å². The van der Waals surface area contributed by atoms with E-state index in [1.165, 1.54) is 89.9 Å². The van der Waals surface area contributed by atoms with Crippen LogP contribution in [0.3, 0.4) is 0 Å². The van der Waals surface area contributed by atoms with Gasteiger partial charge in [-0.05, 0) is 38.5 Å². The normalized spacial score (nSPS) is 22.7. The second-order valence-electron chi connectivity index (χ2n) is 15.8. The fraction of sp³-hybridized carbons (Fsp3) is 0.930. The molecule has 1 aliphatic heterocycles. The molecule has 0 aromatic heterocycles. The summed E-state index contributed by atoms with van der Waals surface area (Å²) in [6.07, 6.45) is 23.0.